The fourth-order valence-electron chi connectivity index (χ4n) is 7.39. The number of nitrogens with one attached hydrogen (secondary N) is 1. The molecule has 4 aliphatic rings. The van der Waals surface area contributed by atoms with Crippen molar-refractivity contribution in [2.24, 2.45) is 11.8 Å². The maximum atomic E-state index is 13.5. The number of carbonyl (C=O) groups is 2. The molecule has 236 valence electrons. The van der Waals surface area contributed by atoms with E-state index in [4.69, 9.17) is 16.3 Å². The van der Waals surface area contributed by atoms with Gasteiger partial charge in [-0.15, -0.1) is 0 Å². The summed E-state index contributed by atoms with van der Waals surface area (Å²) in [5, 5.41) is 10.4. The Morgan fingerprint density at radius 2 is 1.98 bits per heavy atom. The van der Waals surface area contributed by atoms with E-state index in [2.05, 4.69) is 15.7 Å². The summed E-state index contributed by atoms with van der Waals surface area (Å²) < 4.78 is 35.5. The summed E-state index contributed by atoms with van der Waals surface area (Å²) in [6.45, 7) is 1.77. The largest absolute Gasteiger partial charge is 0.490 e. The molecule has 5 atom stereocenters. The number of anilines is 1. The standard InChI is InChI=1S/C33H40ClN3O6S/c1-36(2)32(40)30-8-4-3-7-28(38)25-12-9-23(25)18-37-19-33(15-5-6-21-16-24(34)11-13-26(21)33)20-43-29-14-10-22(17-27(29)37)31(39)35-44(30,41)42/h3,7,10-11,13-14,16-17,23,25,28,30,38H,4-6,8-9,12,15,18-20H2,1-2H3,(H,35,39)/b7-3-/t23-,25+,28-,30-,33-/m0/s1. The minimum absolute atomic E-state index is 0.0164. The number of carbonyl (C=O) groups excluding carboxylic acids is 2. The summed E-state index contributed by atoms with van der Waals surface area (Å²) in [4.78, 5) is 29.9. The van der Waals surface area contributed by atoms with E-state index in [0.29, 0.717) is 30.5 Å². The number of sulfonamides is 1. The van der Waals surface area contributed by atoms with Gasteiger partial charge >= 0.3 is 0 Å². The molecular weight excluding hydrogens is 602 g/mol. The molecule has 2 aromatic carbocycles. The highest BCUT2D eigenvalue weighted by molar-refractivity contribution is 7.91. The number of rotatable bonds is 1. The Morgan fingerprint density at radius 1 is 1.16 bits per heavy atom. The predicted molar refractivity (Wildman–Crippen MR) is 170 cm³/mol. The van der Waals surface area contributed by atoms with Gasteiger partial charge in [0.2, 0.25) is 15.9 Å². The molecule has 1 fully saturated rings. The lowest BCUT2D eigenvalue weighted by atomic mass is 9.68. The third-order valence-corrected chi connectivity index (χ3v) is 11.8. The van der Waals surface area contributed by atoms with E-state index in [0.717, 1.165) is 37.8 Å². The van der Waals surface area contributed by atoms with Gasteiger partial charge in [-0.05, 0) is 98.2 Å². The number of halogens is 1. The molecule has 1 spiro atoms. The van der Waals surface area contributed by atoms with Gasteiger partial charge in [-0.25, -0.2) is 13.1 Å². The Morgan fingerprint density at radius 3 is 2.73 bits per heavy atom. The minimum Gasteiger partial charge on any atom is -0.490 e. The van der Waals surface area contributed by atoms with Crippen molar-refractivity contribution in [2.45, 2.75) is 61.7 Å². The Balaban J connectivity index is 1.42. The number of ether oxygens (including phenoxy) is 1. The lowest BCUT2D eigenvalue weighted by Gasteiger charge is -2.45. The van der Waals surface area contributed by atoms with E-state index in [1.54, 1.807) is 30.4 Å². The zero-order chi connectivity index (χ0) is 31.2. The number of fused-ring (bicyclic) bond motifs is 4. The molecule has 2 amide bonds. The summed E-state index contributed by atoms with van der Waals surface area (Å²) >= 11 is 6.38. The lowest BCUT2D eigenvalue weighted by Crippen LogP contribution is -2.49. The second kappa shape index (κ2) is 12.0. The highest BCUT2D eigenvalue weighted by atomic mass is 35.5. The topological polar surface area (TPSA) is 116 Å². The molecular formula is C33H40ClN3O6S. The second-order valence-corrected chi connectivity index (χ2v) is 15.3. The van der Waals surface area contributed by atoms with E-state index >= 15 is 0 Å². The molecule has 9 nitrogen and oxygen atoms in total. The number of benzene rings is 2. The fourth-order valence-corrected chi connectivity index (χ4v) is 9.03. The third-order valence-electron chi connectivity index (χ3n) is 9.92. The number of aliphatic hydroxyl groups is 1. The maximum absolute atomic E-state index is 13.5. The van der Waals surface area contributed by atoms with Crippen molar-refractivity contribution in [2.75, 3.05) is 38.7 Å². The Hall–Kier alpha value is -3.08. The van der Waals surface area contributed by atoms with Crippen LogP contribution in [-0.4, -0.2) is 75.4 Å². The van der Waals surface area contributed by atoms with E-state index < -0.39 is 33.2 Å². The number of aryl methyl sites for hydroxylation is 1. The first-order valence-corrected chi connectivity index (χ1v) is 17.3. The number of hydrogen-bond acceptors (Lipinski definition) is 7. The van der Waals surface area contributed by atoms with E-state index in [-0.39, 0.29) is 35.7 Å². The quantitative estimate of drug-likeness (QED) is 0.451. The van der Waals surface area contributed by atoms with Crippen LogP contribution < -0.4 is 14.4 Å². The minimum atomic E-state index is -4.36. The van der Waals surface area contributed by atoms with Crippen molar-refractivity contribution in [3.8, 4) is 5.75 Å². The van der Waals surface area contributed by atoms with Crippen molar-refractivity contribution in [1.29, 1.82) is 0 Å². The Bertz CT molecular complexity index is 1590. The van der Waals surface area contributed by atoms with Crippen molar-refractivity contribution in [1.82, 2.24) is 9.62 Å². The summed E-state index contributed by atoms with van der Waals surface area (Å²) in [6.07, 6.45) is 7.78. The number of allylic oxidation sites excluding steroid dienone is 1. The van der Waals surface area contributed by atoms with Crippen LogP contribution in [0.15, 0.2) is 48.6 Å². The van der Waals surface area contributed by atoms with Gasteiger partial charge in [-0.3, -0.25) is 9.59 Å². The van der Waals surface area contributed by atoms with Crippen molar-refractivity contribution >= 4 is 39.1 Å². The van der Waals surface area contributed by atoms with E-state index in [1.165, 1.54) is 30.1 Å². The highest BCUT2D eigenvalue weighted by Crippen LogP contribution is 2.46. The maximum Gasteiger partial charge on any atom is 0.264 e. The van der Waals surface area contributed by atoms with Crippen LogP contribution in [0.1, 0.15) is 60.0 Å². The average molecular weight is 642 g/mol. The number of nitrogens with zero attached hydrogens (tertiary/aromatic N) is 2. The van der Waals surface area contributed by atoms with Gasteiger partial charge in [-0.2, -0.15) is 0 Å². The first kappa shape index (κ1) is 30.9. The van der Waals surface area contributed by atoms with Crippen molar-refractivity contribution in [3.63, 3.8) is 0 Å². The number of amides is 2. The predicted octanol–water partition coefficient (Wildman–Crippen LogP) is 4.07. The molecule has 2 heterocycles. The van der Waals surface area contributed by atoms with Crippen LogP contribution in [0, 0.1) is 11.8 Å². The van der Waals surface area contributed by atoms with Crippen LogP contribution in [0.2, 0.25) is 5.02 Å². The zero-order valence-electron chi connectivity index (χ0n) is 25.2. The van der Waals surface area contributed by atoms with Crippen LogP contribution in [0.25, 0.3) is 0 Å². The van der Waals surface area contributed by atoms with Crippen LogP contribution >= 0.6 is 11.6 Å². The smallest absolute Gasteiger partial charge is 0.264 e. The number of aliphatic hydroxyl groups excluding tert-OH is 1. The Kier molecular flexibility index (Phi) is 8.45. The van der Waals surface area contributed by atoms with Gasteiger partial charge < -0.3 is 19.6 Å². The van der Waals surface area contributed by atoms with Gasteiger partial charge in [0.05, 0.1) is 18.4 Å². The highest BCUT2D eigenvalue weighted by Gasteiger charge is 2.44. The average Bonchev–Trinajstić information content (AvgIpc) is 3.11. The van der Waals surface area contributed by atoms with Crippen LogP contribution in [0.5, 0.6) is 5.75 Å². The summed E-state index contributed by atoms with van der Waals surface area (Å²) in [5.74, 6) is -0.504. The zero-order valence-corrected chi connectivity index (χ0v) is 26.7. The van der Waals surface area contributed by atoms with Crippen LogP contribution in [0.4, 0.5) is 5.69 Å². The van der Waals surface area contributed by atoms with Crippen molar-refractivity contribution < 1.29 is 27.9 Å². The molecule has 1 saturated carbocycles. The SMILES string of the molecule is CN(C)C(=O)[C@@H]1CC/C=C\[C@H](O)[C@@H]2CC[C@H]2CN2C[C@@]3(CCCc4cc(Cl)ccc43)COc3ccc(cc32)C(=O)NS1(=O)=O. The van der Waals surface area contributed by atoms with E-state index in [1.807, 2.05) is 12.1 Å². The molecule has 2 aliphatic carbocycles. The Labute approximate surface area is 264 Å². The first-order chi connectivity index (χ1) is 21.0. The molecule has 11 heteroatoms. The molecule has 0 unspecified atom stereocenters. The van der Waals surface area contributed by atoms with Crippen molar-refractivity contribution in [3.05, 3.63) is 70.3 Å². The number of hydrogen-bond donors (Lipinski definition) is 2. The van der Waals surface area contributed by atoms with Crippen LogP contribution in [-0.2, 0) is 26.7 Å². The molecule has 0 saturated heterocycles. The first-order valence-electron chi connectivity index (χ1n) is 15.4. The fraction of sp³-hybridized carbons (Fsp3) is 0.515. The summed E-state index contributed by atoms with van der Waals surface area (Å²) in [5.41, 5.74) is 3.03. The van der Waals surface area contributed by atoms with Gasteiger partial charge in [0.1, 0.15) is 5.75 Å². The molecule has 0 radical (unpaired) electrons. The van der Waals surface area contributed by atoms with Crippen LogP contribution in [0.3, 0.4) is 0 Å². The molecule has 6 rings (SSSR count). The summed E-state index contributed by atoms with van der Waals surface area (Å²) in [6, 6.07) is 11.1. The monoisotopic (exact) mass is 641 g/mol. The van der Waals surface area contributed by atoms with Gasteiger partial charge in [0, 0.05) is 43.2 Å². The van der Waals surface area contributed by atoms with Gasteiger partial charge in [-0.1, -0.05) is 29.8 Å². The molecule has 2 aromatic rings. The van der Waals surface area contributed by atoms with Gasteiger partial charge in [0.25, 0.3) is 5.91 Å². The molecule has 2 bridgehead atoms. The molecule has 0 aromatic heterocycles. The second-order valence-electron chi connectivity index (χ2n) is 13.0. The van der Waals surface area contributed by atoms with E-state index in [9.17, 15) is 23.1 Å². The normalized spacial score (nSPS) is 30.5. The summed E-state index contributed by atoms with van der Waals surface area (Å²) in [7, 11) is -1.38. The molecule has 2 N–H and O–H groups in total. The molecule has 44 heavy (non-hydrogen) atoms. The third kappa shape index (κ3) is 5.84. The van der Waals surface area contributed by atoms with Gasteiger partial charge in [0.15, 0.2) is 5.25 Å². The lowest BCUT2D eigenvalue weighted by molar-refractivity contribution is -0.128. The molecule has 2 aliphatic heterocycles.